The molecule has 3 N–H and O–H groups in total. The average molecular weight is 347 g/mol. The van der Waals surface area contributed by atoms with Gasteiger partial charge in [0.1, 0.15) is 0 Å². The van der Waals surface area contributed by atoms with Gasteiger partial charge in [-0.25, -0.2) is 0 Å². The Kier molecular flexibility index (Phi) is 6.68. The molecule has 0 aliphatic rings. The Bertz CT molecular complexity index is 393. The van der Waals surface area contributed by atoms with Crippen molar-refractivity contribution in [3.8, 4) is 0 Å². The number of urea groups is 1. The third kappa shape index (κ3) is 5.71. The molecule has 0 bridgehead atoms. The Balaban J connectivity index is 2.63. The number of amides is 2. The van der Waals surface area contributed by atoms with Crippen LogP contribution in [0.15, 0.2) is 29.4 Å². The molecule has 92 valence electrons. The SMILES string of the molecule is CCCC[Te]c1ccccc1/C=N/NC(N)=O. The number of hydrogen-bond donors (Lipinski definition) is 2. The molecular formula is C12H17N3OTe. The Morgan fingerprint density at radius 1 is 1.53 bits per heavy atom. The molecule has 2 amide bonds. The van der Waals surface area contributed by atoms with E-state index in [-0.39, 0.29) is 20.9 Å². The van der Waals surface area contributed by atoms with Crippen LogP contribution >= 0.6 is 0 Å². The van der Waals surface area contributed by atoms with Crippen molar-refractivity contribution in [3.05, 3.63) is 29.8 Å². The van der Waals surface area contributed by atoms with Crippen LogP contribution in [0.25, 0.3) is 0 Å². The van der Waals surface area contributed by atoms with E-state index in [2.05, 4.69) is 23.5 Å². The molecule has 0 saturated heterocycles. The van der Waals surface area contributed by atoms with Gasteiger partial charge in [-0.05, 0) is 0 Å². The molecule has 0 aliphatic heterocycles. The summed E-state index contributed by atoms with van der Waals surface area (Å²) < 4.78 is 2.68. The maximum atomic E-state index is 10.5. The molecule has 5 heteroatoms. The first-order valence-electron chi connectivity index (χ1n) is 5.54. The molecule has 0 fully saturated rings. The van der Waals surface area contributed by atoms with E-state index >= 15 is 0 Å². The van der Waals surface area contributed by atoms with Gasteiger partial charge in [0.25, 0.3) is 0 Å². The fourth-order valence-electron chi connectivity index (χ4n) is 1.21. The topological polar surface area (TPSA) is 67.5 Å². The quantitative estimate of drug-likeness (QED) is 0.346. The molecule has 0 aliphatic carbocycles. The van der Waals surface area contributed by atoms with Gasteiger partial charge < -0.3 is 0 Å². The maximum absolute atomic E-state index is 10.5. The second-order valence-corrected chi connectivity index (χ2v) is 6.72. The van der Waals surface area contributed by atoms with E-state index in [9.17, 15) is 4.79 Å². The van der Waals surface area contributed by atoms with E-state index in [0.29, 0.717) is 0 Å². The summed E-state index contributed by atoms with van der Waals surface area (Å²) in [5.41, 5.74) is 8.23. The summed E-state index contributed by atoms with van der Waals surface area (Å²) in [6, 6.07) is 7.54. The van der Waals surface area contributed by atoms with Gasteiger partial charge in [0, 0.05) is 0 Å². The van der Waals surface area contributed by atoms with Gasteiger partial charge in [0.15, 0.2) is 0 Å². The van der Waals surface area contributed by atoms with Gasteiger partial charge in [-0.15, -0.1) is 0 Å². The van der Waals surface area contributed by atoms with E-state index in [1.165, 1.54) is 20.9 Å². The Hall–Kier alpha value is -1.05. The van der Waals surface area contributed by atoms with Crippen LogP contribution in [0.1, 0.15) is 25.3 Å². The van der Waals surface area contributed by atoms with Crippen molar-refractivity contribution in [1.29, 1.82) is 0 Å². The number of primary amides is 1. The summed E-state index contributed by atoms with van der Waals surface area (Å²) >= 11 is -0.153. The first-order valence-corrected chi connectivity index (χ1v) is 8.35. The minimum absolute atomic E-state index is 0.153. The number of hydrogen-bond acceptors (Lipinski definition) is 2. The summed E-state index contributed by atoms with van der Waals surface area (Å²) in [6.45, 7) is 2.21. The second-order valence-electron chi connectivity index (χ2n) is 3.47. The molecule has 0 heterocycles. The van der Waals surface area contributed by atoms with Crippen LogP contribution in [-0.4, -0.2) is 33.2 Å². The fraction of sp³-hybridized carbons (Fsp3) is 0.333. The van der Waals surface area contributed by atoms with Gasteiger partial charge in [0.2, 0.25) is 0 Å². The first kappa shape index (κ1) is 14.0. The number of hydrazone groups is 1. The summed E-state index contributed by atoms with van der Waals surface area (Å²) in [5, 5.41) is 3.80. The van der Waals surface area contributed by atoms with Crippen molar-refractivity contribution < 1.29 is 4.79 Å². The molecular weight excluding hydrogens is 330 g/mol. The van der Waals surface area contributed by atoms with Gasteiger partial charge in [-0.2, -0.15) is 0 Å². The molecule has 1 aromatic carbocycles. The van der Waals surface area contributed by atoms with E-state index in [0.717, 1.165) is 5.56 Å². The van der Waals surface area contributed by atoms with Crippen molar-refractivity contribution in [2.45, 2.75) is 24.2 Å². The molecule has 4 nitrogen and oxygen atoms in total. The van der Waals surface area contributed by atoms with Crippen LogP contribution in [0.4, 0.5) is 4.79 Å². The average Bonchev–Trinajstić information content (AvgIpc) is 2.31. The number of carbonyl (C=O) groups excluding carboxylic acids is 1. The molecule has 1 rings (SSSR count). The summed E-state index contributed by atoms with van der Waals surface area (Å²) in [4.78, 5) is 10.5. The molecule has 17 heavy (non-hydrogen) atoms. The van der Waals surface area contributed by atoms with E-state index in [1.54, 1.807) is 6.21 Å². The second kappa shape index (κ2) is 8.10. The van der Waals surface area contributed by atoms with Crippen molar-refractivity contribution in [2.24, 2.45) is 10.8 Å². The van der Waals surface area contributed by atoms with Crippen LogP contribution in [0.2, 0.25) is 4.47 Å². The number of benzene rings is 1. The van der Waals surface area contributed by atoms with Gasteiger partial charge in [-0.1, -0.05) is 0 Å². The molecule has 0 aromatic heterocycles. The van der Waals surface area contributed by atoms with Gasteiger partial charge >= 0.3 is 112 Å². The Morgan fingerprint density at radius 2 is 2.29 bits per heavy atom. The molecule has 0 unspecified atom stereocenters. The zero-order valence-corrected chi connectivity index (χ0v) is 12.2. The number of nitrogens with two attached hydrogens (primary N) is 1. The van der Waals surface area contributed by atoms with Gasteiger partial charge in [0.05, 0.1) is 0 Å². The fourth-order valence-corrected chi connectivity index (χ4v) is 4.39. The predicted molar refractivity (Wildman–Crippen MR) is 71.9 cm³/mol. The van der Waals surface area contributed by atoms with Crippen molar-refractivity contribution >= 4 is 36.8 Å². The van der Waals surface area contributed by atoms with E-state index in [1.807, 2.05) is 18.2 Å². The Morgan fingerprint density at radius 3 is 3.00 bits per heavy atom. The van der Waals surface area contributed by atoms with Gasteiger partial charge in [-0.3, -0.25) is 0 Å². The van der Waals surface area contributed by atoms with E-state index < -0.39 is 6.03 Å². The molecule has 0 radical (unpaired) electrons. The van der Waals surface area contributed by atoms with Crippen molar-refractivity contribution in [2.75, 3.05) is 0 Å². The van der Waals surface area contributed by atoms with Crippen molar-refractivity contribution in [3.63, 3.8) is 0 Å². The number of rotatable bonds is 6. The third-order valence-corrected chi connectivity index (χ3v) is 5.41. The molecule has 0 spiro atoms. The third-order valence-electron chi connectivity index (χ3n) is 2.05. The minimum atomic E-state index is -0.638. The number of nitrogens with one attached hydrogen (secondary N) is 1. The zero-order valence-electron chi connectivity index (χ0n) is 9.85. The Labute approximate surface area is 112 Å². The number of carbonyl (C=O) groups is 1. The van der Waals surface area contributed by atoms with Crippen molar-refractivity contribution in [1.82, 2.24) is 5.43 Å². The van der Waals surface area contributed by atoms with Crippen LogP contribution in [0.3, 0.4) is 0 Å². The molecule has 0 atom stereocenters. The van der Waals surface area contributed by atoms with Crippen LogP contribution < -0.4 is 14.8 Å². The van der Waals surface area contributed by atoms with E-state index in [4.69, 9.17) is 5.73 Å². The number of unbranched alkanes of at least 4 members (excludes halogenated alkanes) is 1. The standard InChI is InChI=1S/C12H17N3OTe/c1-2-3-8-17-11-7-5-4-6-10(11)9-14-15-12(13)16/h4-7,9H,2-3,8H2,1H3,(H3,13,15,16)/b14-9+. The van der Waals surface area contributed by atoms with Crippen LogP contribution in [0.5, 0.6) is 0 Å². The molecule has 0 saturated carbocycles. The monoisotopic (exact) mass is 349 g/mol. The first-order chi connectivity index (χ1) is 8.24. The zero-order chi connectivity index (χ0) is 12.5. The summed E-state index contributed by atoms with van der Waals surface area (Å²) in [6.07, 6.45) is 4.19. The summed E-state index contributed by atoms with van der Waals surface area (Å²) in [5.74, 6) is 0. The van der Waals surface area contributed by atoms with Crippen LogP contribution in [0, 0.1) is 0 Å². The summed E-state index contributed by atoms with van der Waals surface area (Å²) in [7, 11) is 0. The molecule has 1 aromatic rings. The predicted octanol–water partition coefficient (Wildman–Crippen LogP) is 1.24. The normalized spacial score (nSPS) is 10.6. The number of nitrogens with zero attached hydrogens (tertiary/aromatic N) is 1. The van der Waals surface area contributed by atoms with Crippen LogP contribution in [-0.2, 0) is 0 Å².